The summed E-state index contributed by atoms with van der Waals surface area (Å²) in [5, 5.41) is 10.7. The number of pyridine rings is 1. The number of ether oxygens (including phenoxy) is 1. The first-order valence-corrected chi connectivity index (χ1v) is 11.1. The maximum atomic E-state index is 13.9. The SMILES string of the molecule is N#Cc1cc(F)cc(Oc2cccc(-c3c(Cc4ccccc4)cnc4c(Cl)cccc34)c2)c1. The molecule has 1 heterocycles. The minimum atomic E-state index is -0.523. The number of hydrogen-bond donors (Lipinski definition) is 0. The zero-order chi connectivity index (χ0) is 23.5. The molecule has 5 aromatic rings. The topological polar surface area (TPSA) is 45.9 Å². The highest BCUT2D eigenvalue weighted by Gasteiger charge is 2.14. The van der Waals surface area contributed by atoms with Crippen molar-refractivity contribution in [2.45, 2.75) is 6.42 Å². The van der Waals surface area contributed by atoms with Gasteiger partial charge in [-0.15, -0.1) is 0 Å². The van der Waals surface area contributed by atoms with Gasteiger partial charge in [0.25, 0.3) is 0 Å². The van der Waals surface area contributed by atoms with Crippen molar-refractivity contribution in [2.75, 3.05) is 0 Å². The summed E-state index contributed by atoms with van der Waals surface area (Å²) in [7, 11) is 0. The van der Waals surface area contributed by atoms with E-state index in [0.29, 0.717) is 17.2 Å². The first-order valence-electron chi connectivity index (χ1n) is 10.7. The smallest absolute Gasteiger partial charge is 0.131 e. The van der Waals surface area contributed by atoms with Crippen LogP contribution in [0.2, 0.25) is 5.02 Å². The number of rotatable bonds is 5. The van der Waals surface area contributed by atoms with Crippen LogP contribution in [0.3, 0.4) is 0 Å². The van der Waals surface area contributed by atoms with Gasteiger partial charge in [0, 0.05) is 17.6 Å². The van der Waals surface area contributed by atoms with Crippen molar-refractivity contribution in [3.8, 4) is 28.7 Å². The predicted molar refractivity (Wildman–Crippen MR) is 133 cm³/mol. The molecule has 0 N–H and O–H groups in total. The molecule has 4 aromatic carbocycles. The van der Waals surface area contributed by atoms with Crippen molar-refractivity contribution in [2.24, 2.45) is 0 Å². The Hall–Kier alpha value is -4.20. The molecule has 0 unspecified atom stereocenters. The molecule has 5 heteroatoms. The molecule has 0 bridgehead atoms. The van der Waals surface area contributed by atoms with Gasteiger partial charge in [0.1, 0.15) is 17.3 Å². The van der Waals surface area contributed by atoms with Crippen LogP contribution >= 0.6 is 11.6 Å². The fourth-order valence-electron chi connectivity index (χ4n) is 4.06. The van der Waals surface area contributed by atoms with Crippen molar-refractivity contribution in [1.29, 1.82) is 5.26 Å². The second-order valence-corrected chi connectivity index (χ2v) is 8.28. The van der Waals surface area contributed by atoms with Crippen LogP contribution in [0, 0.1) is 17.1 Å². The molecule has 0 aliphatic heterocycles. The fraction of sp³-hybridized carbons (Fsp3) is 0.0345. The van der Waals surface area contributed by atoms with E-state index < -0.39 is 5.82 Å². The van der Waals surface area contributed by atoms with Gasteiger partial charge in [-0.25, -0.2) is 4.39 Å². The Labute approximate surface area is 201 Å². The van der Waals surface area contributed by atoms with Gasteiger partial charge in [0.05, 0.1) is 22.2 Å². The lowest BCUT2D eigenvalue weighted by atomic mass is 9.93. The average molecular weight is 465 g/mol. The first kappa shape index (κ1) is 21.6. The summed E-state index contributed by atoms with van der Waals surface area (Å²) in [6, 6.07) is 29.4. The molecule has 0 amide bonds. The van der Waals surface area contributed by atoms with Crippen LogP contribution in [0.4, 0.5) is 4.39 Å². The van der Waals surface area contributed by atoms with E-state index in [0.717, 1.165) is 27.6 Å². The number of fused-ring (bicyclic) bond motifs is 1. The lowest BCUT2D eigenvalue weighted by Gasteiger charge is -2.15. The summed E-state index contributed by atoms with van der Waals surface area (Å²) in [6.45, 7) is 0. The number of benzene rings is 4. The zero-order valence-corrected chi connectivity index (χ0v) is 18.8. The summed E-state index contributed by atoms with van der Waals surface area (Å²) in [5.41, 5.74) is 5.09. The van der Waals surface area contributed by atoms with Gasteiger partial charge in [0.2, 0.25) is 0 Å². The molecule has 164 valence electrons. The first-order chi connectivity index (χ1) is 16.6. The molecule has 0 saturated heterocycles. The van der Waals surface area contributed by atoms with E-state index in [1.165, 1.54) is 23.8 Å². The standard InChI is InChI=1S/C29H18ClFN2O/c30-27-11-5-10-26-28(22(18-33-29(26)27)12-19-6-2-1-3-7-19)21-8-4-9-24(15-21)34-25-14-20(17-32)13-23(31)16-25/h1-11,13-16,18H,12H2. The summed E-state index contributed by atoms with van der Waals surface area (Å²) < 4.78 is 19.8. The van der Waals surface area contributed by atoms with E-state index in [9.17, 15) is 4.39 Å². The van der Waals surface area contributed by atoms with E-state index in [4.69, 9.17) is 21.6 Å². The maximum Gasteiger partial charge on any atom is 0.131 e. The van der Waals surface area contributed by atoms with Crippen LogP contribution in [0.25, 0.3) is 22.0 Å². The summed E-state index contributed by atoms with van der Waals surface area (Å²) in [5.74, 6) is 0.274. The molecule has 0 atom stereocenters. The minimum Gasteiger partial charge on any atom is -0.457 e. The molecular weight excluding hydrogens is 447 g/mol. The third kappa shape index (κ3) is 4.47. The highest BCUT2D eigenvalue weighted by Crippen LogP contribution is 2.37. The number of nitrogens with zero attached hydrogens (tertiary/aromatic N) is 2. The molecular formula is C29H18ClFN2O. The monoisotopic (exact) mass is 464 g/mol. The Bertz CT molecular complexity index is 1540. The fourth-order valence-corrected chi connectivity index (χ4v) is 4.28. The number of halogens is 2. The normalized spacial score (nSPS) is 10.7. The van der Waals surface area contributed by atoms with Crippen molar-refractivity contribution < 1.29 is 9.13 Å². The molecule has 5 rings (SSSR count). The van der Waals surface area contributed by atoms with Gasteiger partial charge >= 0.3 is 0 Å². The van der Waals surface area contributed by atoms with Gasteiger partial charge in [0.15, 0.2) is 0 Å². The van der Waals surface area contributed by atoms with E-state index in [1.807, 2.05) is 66.9 Å². The lowest BCUT2D eigenvalue weighted by Crippen LogP contribution is -1.97. The zero-order valence-electron chi connectivity index (χ0n) is 18.0. The molecule has 1 aromatic heterocycles. The van der Waals surface area contributed by atoms with Gasteiger partial charge < -0.3 is 4.74 Å². The van der Waals surface area contributed by atoms with E-state index in [-0.39, 0.29) is 11.3 Å². The Kier molecular flexibility index (Phi) is 5.95. The van der Waals surface area contributed by atoms with Crippen LogP contribution in [-0.2, 0) is 6.42 Å². The van der Waals surface area contributed by atoms with Gasteiger partial charge in [-0.05, 0) is 59.0 Å². The summed E-state index contributed by atoms with van der Waals surface area (Å²) in [6.07, 6.45) is 2.57. The third-order valence-corrected chi connectivity index (χ3v) is 5.83. The number of aromatic nitrogens is 1. The molecule has 0 saturated carbocycles. The molecule has 0 fully saturated rings. The van der Waals surface area contributed by atoms with Crippen LogP contribution in [-0.4, -0.2) is 4.98 Å². The van der Waals surface area contributed by atoms with Crippen molar-refractivity contribution >= 4 is 22.5 Å². The van der Waals surface area contributed by atoms with Crippen molar-refractivity contribution in [3.05, 3.63) is 125 Å². The van der Waals surface area contributed by atoms with Crippen molar-refractivity contribution in [3.63, 3.8) is 0 Å². The van der Waals surface area contributed by atoms with Crippen LogP contribution in [0.1, 0.15) is 16.7 Å². The molecule has 0 radical (unpaired) electrons. The number of hydrogen-bond acceptors (Lipinski definition) is 3. The lowest BCUT2D eigenvalue weighted by molar-refractivity contribution is 0.477. The quantitative estimate of drug-likeness (QED) is 0.265. The minimum absolute atomic E-state index is 0.200. The van der Waals surface area contributed by atoms with E-state index in [1.54, 1.807) is 6.07 Å². The van der Waals surface area contributed by atoms with E-state index >= 15 is 0 Å². The highest BCUT2D eigenvalue weighted by molar-refractivity contribution is 6.35. The Balaban J connectivity index is 1.62. The van der Waals surface area contributed by atoms with Gasteiger partial charge in [-0.3, -0.25) is 4.98 Å². The Morgan fingerprint density at radius 3 is 2.53 bits per heavy atom. The van der Waals surface area contributed by atoms with Crippen LogP contribution in [0.15, 0.2) is 97.2 Å². The Morgan fingerprint density at radius 2 is 1.71 bits per heavy atom. The van der Waals surface area contributed by atoms with Crippen LogP contribution < -0.4 is 4.74 Å². The number of nitriles is 1. The van der Waals surface area contributed by atoms with E-state index in [2.05, 4.69) is 17.1 Å². The average Bonchev–Trinajstić information content (AvgIpc) is 2.84. The largest absolute Gasteiger partial charge is 0.457 e. The summed E-state index contributed by atoms with van der Waals surface area (Å²) in [4.78, 5) is 4.65. The maximum absolute atomic E-state index is 13.9. The molecule has 0 spiro atoms. The third-order valence-electron chi connectivity index (χ3n) is 5.52. The molecule has 0 aliphatic carbocycles. The second kappa shape index (κ2) is 9.35. The Morgan fingerprint density at radius 1 is 0.882 bits per heavy atom. The number of para-hydroxylation sites is 1. The molecule has 3 nitrogen and oxygen atoms in total. The molecule has 34 heavy (non-hydrogen) atoms. The van der Waals surface area contributed by atoms with Crippen LogP contribution in [0.5, 0.6) is 11.5 Å². The highest BCUT2D eigenvalue weighted by atomic mass is 35.5. The summed E-state index contributed by atoms with van der Waals surface area (Å²) >= 11 is 6.46. The van der Waals surface area contributed by atoms with Gasteiger partial charge in [-0.1, -0.05) is 66.2 Å². The second-order valence-electron chi connectivity index (χ2n) is 7.87. The predicted octanol–water partition coefficient (Wildman–Crippen LogP) is 7.95. The molecule has 0 aliphatic rings. The van der Waals surface area contributed by atoms with Gasteiger partial charge in [-0.2, -0.15) is 5.26 Å². The van der Waals surface area contributed by atoms with Crippen molar-refractivity contribution in [1.82, 2.24) is 4.98 Å².